The van der Waals surface area contributed by atoms with Crippen LogP contribution in [0.2, 0.25) is 0 Å². The van der Waals surface area contributed by atoms with Crippen LogP contribution < -0.4 is 10.2 Å². The first-order valence-electron chi connectivity index (χ1n) is 14.1. The van der Waals surface area contributed by atoms with E-state index in [0.717, 1.165) is 30.4 Å². The predicted molar refractivity (Wildman–Crippen MR) is 150 cm³/mol. The van der Waals surface area contributed by atoms with Crippen molar-refractivity contribution < 1.29 is 33.8 Å². The second-order valence-electron chi connectivity index (χ2n) is 11.6. The molecular weight excluding hydrogens is 531 g/mol. The highest BCUT2D eigenvalue weighted by molar-refractivity contribution is 7.52. The smallest absolute Gasteiger partial charge is 0.330 e. The molecule has 3 aliphatic rings. The van der Waals surface area contributed by atoms with Crippen molar-refractivity contribution in [2.45, 2.75) is 82.3 Å². The van der Waals surface area contributed by atoms with E-state index < -0.39 is 55.0 Å². The molecule has 10 heteroatoms. The van der Waals surface area contributed by atoms with E-state index >= 15 is 0 Å². The number of rotatable bonds is 8. The molecule has 2 unspecified atom stereocenters. The zero-order valence-corrected chi connectivity index (χ0v) is 23.6. The predicted octanol–water partition coefficient (Wildman–Crippen LogP) is 3.93. The Bertz CT molecular complexity index is 1360. The lowest BCUT2D eigenvalue weighted by Gasteiger charge is -2.41. The lowest BCUT2D eigenvalue weighted by molar-refractivity contribution is -0.137. The first kappa shape index (κ1) is 28.5. The van der Waals surface area contributed by atoms with E-state index in [1.54, 1.807) is 19.1 Å². The van der Waals surface area contributed by atoms with E-state index in [-0.39, 0.29) is 6.42 Å². The molecule has 1 heterocycles. The lowest BCUT2D eigenvalue weighted by Crippen LogP contribution is -2.55. The molecule has 0 radical (unpaired) electrons. The van der Waals surface area contributed by atoms with Gasteiger partial charge in [-0.2, -0.15) is 0 Å². The van der Waals surface area contributed by atoms with Crippen LogP contribution in [0.25, 0.3) is 0 Å². The number of carboxylic acids is 1. The second kappa shape index (κ2) is 11.1. The number of hydrogen-bond donors (Lipinski definition) is 4. The number of hydrogen-bond acceptors (Lipinski definition) is 4. The van der Waals surface area contributed by atoms with E-state index in [9.17, 15) is 33.8 Å². The van der Waals surface area contributed by atoms with Crippen molar-refractivity contribution >= 4 is 31.1 Å². The monoisotopic (exact) mass is 568 g/mol. The highest BCUT2D eigenvalue weighted by Gasteiger charge is 2.57. The van der Waals surface area contributed by atoms with E-state index in [0.29, 0.717) is 37.8 Å². The molecule has 2 aliphatic carbocycles. The van der Waals surface area contributed by atoms with Gasteiger partial charge in [0.15, 0.2) is 0 Å². The van der Waals surface area contributed by atoms with Crippen molar-refractivity contribution in [1.82, 2.24) is 5.32 Å². The normalized spacial score (nSPS) is 21.7. The molecule has 2 aromatic carbocycles. The molecule has 5 rings (SSSR count). The summed E-state index contributed by atoms with van der Waals surface area (Å²) in [6.07, 6.45) is 5.61. The number of nitrogens with zero attached hydrogens (tertiary/aromatic N) is 1. The molecule has 3 atom stereocenters. The number of nitrogens with one attached hydrogen (secondary N) is 1. The van der Waals surface area contributed by atoms with Gasteiger partial charge in [0, 0.05) is 5.69 Å². The molecular formula is C30H37N2O7P. The number of para-hydroxylation sites is 1. The Labute approximate surface area is 234 Å². The van der Waals surface area contributed by atoms with Gasteiger partial charge in [-0.25, -0.2) is 0 Å². The first-order valence-corrected chi connectivity index (χ1v) is 15.8. The van der Waals surface area contributed by atoms with E-state index in [2.05, 4.69) is 5.32 Å². The largest absolute Gasteiger partial charge is 0.480 e. The third-order valence-corrected chi connectivity index (χ3v) is 10.8. The first-order chi connectivity index (χ1) is 19.0. The third kappa shape index (κ3) is 5.35. The Balaban J connectivity index is 1.47. The fourth-order valence-corrected chi connectivity index (χ4v) is 9.04. The minimum absolute atomic E-state index is 0.259. The third-order valence-electron chi connectivity index (χ3n) is 9.15. The van der Waals surface area contributed by atoms with Gasteiger partial charge < -0.3 is 20.2 Å². The maximum absolute atomic E-state index is 14.2. The van der Waals surface area contributed by atoms with Crippen LogP contribution in [0.5, 0.6) is 0 Å². The van der Waals surface area contributed by atoms with Gasteiger partial charge in [0.05, 0.1) is 11.1 Å². The number of benzene rings is 2. The van der Waals surface area contributed by atoms with Crippen LogP contribution in [0.1, 0.15) is 73.6 Å². The van der Waals surface area contributed by atoms with Gasteiger partial charge in [-0.15, -0.1) is 0 Å². The van der Waals surface area contributed by atoms with Crippen molar-refractivity contribution in [3.63, 3.8) is 0 Å². The fraction of sp³-hybridized carbons (Fsp3) is 0.500. The molecule has 0 bridgehead atoms. The topological polar surface area (TPSA) is 144 Å². The zero-order valence-electron chi connectivity index (χ0n) is 22.7. The molecule has 0 spiro atoms. The molecule has 2 amide bonds. The summed E-state index contributed by atoms with van der Waals surface area (Å²) in [5, 5.41) is 12.4. The molecule has 9 nitrogen and oxygen atoms in total. The molecule has 4 N–H and O–H groups in total. The summed E-state index contributed by atoms with van der Waals surface area (Å²) in [5.74, 6) is -2.83. The van der Waals surface area contributed by atoms with Crippen molar-refractivity contribution in [3.05, 3.63) is 64.7 Å². The highest BCUT2D eigenvalue weighted by atomic mass is 31.2. The number of anilines is 1. The van der Waals surface area contributed by atoms with Crippen LogP contribution in [0.15, 0.2) is 42.5 Å². The SMILES string of the molecule is CC(c1ccc2c(c1)CCC2)C(C1(C(=O)N[C@H]2CCc3ccccc3N(CC(=O)O)C2=O)CCCC1)P(=O)(O)O. The lowest BCUT2D eigenvalue weighted by atomic mass is 9.74. The van der Waals surface area contributed by atoms with Crippen LogP contribution in [0, 0.1) is 5.41 Å². The van der Waals surface area contributed by atoms with Crippen LogP contribution >= 0.6 is 7.60 Å². The van der Waals surface area contributed by atoms with Crippen LogP contribution in [-0.4, -0.2) is 50.9 Å². The summed E-state index contributed by atoms with van der Waals surface area (Å²) < 4.78 is 13.2. The van der Waals surface area contributed by atoms with Gasteiger partial charge in [-0.1, -0.05) is 56.2 Å². The number of carbonyl (C=O) groups excluding carboxylic acids is 2. The van der Waals surface area contributed by atoms with Crippen molar-refractivity contribution in [2.24, 2.45) is 5.41 Å². The molecule has 1 aliphatic heterocycles. The Morgan fingerprint density at radius 1 is 1.02 bits per heavy atom. The van der Waals surface area contributed by atoms with E-state index in [1.807, 2.05) is 30.3 Å². The van der Waals surface area contributed by atoms with Gasteiger partial charge >= 0.3 is 13.6 Å². The number of carboxylic acid groups (broad SMARTS) is 1. The summed E-state index contributed by atoms with van der Waals surface area (Å²) in [5.41, 5.74) is 1.96. The van der Waals surface area contributed by atoms with Crippen molar-refractivity contribution in [1.29, 1.82) is 0 Å². The van der Waals surface area contributed by atoms with Gasteiger partial charge in [0.25, 0.3) is 0 Å². The average molecular weight is 569 g/mol. The molecule has 1 fully saturated rings. The molecule has 1 saturated carbocycles. The van der Waals surface area contributed by atoms with Gasteiger partial charge in [0.2, 0.25) is 11.8 Å². The minimum Gasteiger partial charge on any atom is -0.480 e. The zero-order chi connectivity index (χ0) is 28.7. The quantitative estimate of drug-likeness (QED) is 0.353. The van der Waals surface area contributed by atoms with Crippen molar-refractivity contribution in [2.75, 3.05) is 11.4 Å². The Hall–Kier alpha value is -3.00. The standard InChI is InChI=1S/C30H37N2O7P/c1-19(22-12-11-20-8-6-9-23(20)17-22)27(40(37,38)39)30(15-4-5-16-30)29(36)31-24-14-13-21-7-2-3-10-25(21)32(28(24)35)18-26(33)34/h2-3,7,10-12,17,19,24,27H,4-6,8-9,13-16,18H2,1H3,(H,31,36)(H,33,34)(H2,37,38,39)/t19?,24-,27?/m0/s1. The Morgan fingerprint density at radius 2 is 1.73 bits per heavy atom. The second-order valence-corrected chi connectivity index (χ2v) is 13.3. The number of aryl methyl sites for hydroxylation is 3. The molecule has 40 heavy (non-hydrogen) atoms. The van der Waals surface area contributed by atoms with Crippen LogP contribution in [-0.2, 0) is 38.2 Å². The number of aliphatic carboxylic acids is 1. The van der Waals surface area contributed by atoms with Crippen LogP contribution in [0.4, 0.5) is 5.69 Å². The number of carbonyl (C=O) groups is 3. The summed E-state index contributed by atoms with van der Waals surface area (Å²) in [7, 11) is -4.78. The molecule has 2 aromatic rings. The number of amides is 2. The molecule has 0 saturated heterocycles. The Morgan fingerprint density at radius 3 is 2.42 bits per heavy atom. The van der Waals surface area contributed by atoms with E-state index in [4.69, 9.17) is 0 Å². The maximum atomic E-state index is 14.2. The van der Waals surface area contributed by atoms with Gasteiger partial charge in [0.1, 0.15) is 12.6 Å². The average Bonchev–Trinajstić information content (AvgIpc) is 3.56. The molecule has 214 valence electrons. The number of fused-ring (bicyclic) bond motifs is 2. The van der Waals surface area contributed by atoms with Gasteiger partial charge in [-0.05, 0) is 79.2 Å². The molecule has 0 aromatic heterocycles. The summed E-state index contributed by atoms with van der Waals surface area (Å²) in [4.78, 5) is 62.1. The highest BCUT2D eigenvalue weighted by Crippen LogP contribution is 2.61. The van der Waals surface area contributed by atoms with Crippen molar-refractivity contribution in [3.8, 4) is 0 Å². The van der Waals surface area contributed by atoms with E-state index in [1.165, 1.54) is 16.0 Å². The summed E-state index contributed by atoms with van der Waals surface area (Å²) in [6.45, 7) is 1.24. The maximum Gasteiger partial charge on any atom is 0.330 e. The minimum atomic E-state index is -4.78. The summed E-state index contributed by atoms with van der Waals surface area (Å²) >= 11 is 0. The van der Waals surface area contributed by atoms with Gasteiger partial charge in [-0.3, -0.25) is 23.8 Å². The Kier molecular flexibility index (Phi) is 7.92. The fourth-order valence-electron chi connectivity index (χ4n) is 7.26. The van der Waals surface area contributed by atoms with Crippen LogP contribution in [0.3, 0.4) is 0 Å². The summed E-state index contributed by atoms with van der Waals surface area (Å²) in [6, 6.07) is 12.1.